The highest BCUT2D eigenvalue weighted by atomic mass is 16.7. The highest BCUT2D eigenvalue weighted by Crippen LogP contribution is 2.23. The number of aromatic nitrogens is 1. The van der Waals surface area contributed by atoms with E-state index in [1.165, 1.54) is 6.07 Å². The largest absolute Gasteiger partial charge is 0.461 e. The van der Waals surface area contributed by atoms with Gasteiger partial charge in [0.15, 0.2) is 11.5 Å². The van der Waals surface area contributed by atoms with E-state index in [2.05, 4.69) is 5.16 Å². The number of ether oxygens (including phenoxy) is 3. The number of rotatable bonds is 9. The van der Waals surface area contributed by atoms with Crippen LogP contribution >= 0.6 is 0 Å². The first-order chi connectivity index (χ1) is 13.3. The van der Waals surface area contributed by atoms with E-state index in [1.807, 2.05) is 60.7 Å². The molecule has 0 unspecified atom stereocenters. The Balaban J connectivity index is 1.71. The summed E-state index contributed by atoms with van der Waals surface area (Å²) in [4.78, 5) is 11.8. The summed E-state index contributed by atoms with van der Waals surface area (Å²) in [5.41, 5.74) is 2.08. The third-order valence-electron chi connectivity index (χ3n) is 3.73. The predicted octanol–water partition coefficient (Wildman–Crippen LogP) is 4.28. The fourth-order valence-electron chi connectivity index (χ4n) is 2.41. The maximum atomic E-state index is 11.8. The van der Waals surface area contributed by atoms with Crippen molar-refractivity contribution in [2.45, 2.75) is 26.4 Å². The van der Waals surface area contributed by atoms with E-state index in [1.54, 1.807) is 6.92 Å². The summed E-state index contributed by atoms with van der Waals surface area (Å²) < 4.78 is 22.0. The minimum absolute atomic E-state index is 0.0865. The second-order valence-electron chi connectivity index (χ2n) is 5.76. The minimum atomic E-state index is -0.805. The third kappa shape index (κ3) is 5.51. The number of nitrogens with zero attached hydrogens (tertiary/aromatic N) is 1. The molecule has 2 aromatic carbocycles. The fraction of sp³-hybridized carbons (Fsp3) is 0.238. The monoisotopic (exact) mass is 367 g/mol. The average Bonchev–Trinajstić information content (AvgIpc) is 3.20. The van der Waals surface area contributed by atoms with Crippen molar-refractivity contribution in [2.24, 2.45) is 0 Å². The molecule has 140 valence electrons. The van der Waals surface area contributed by atoms with Gasteiger partial charge >= 0.3 is 5.97 Å². The van der Waals surface area contributed by atoms with Crippen LogP contribution in [0.1, 0.15) is 40.6 Å². The van der Waals surface area contributed by atoms with Crippen LogP contribution in [0.15, 0.2) is 71.3 Å². The van der Waals surface area contributed by atoms with Crippen molar-refractivity contribution in [1.29, 1.82) is 0 Å². The first-order valence-electron chi connectivity index (χ1n) is 8.71. The summed E-state index contributed by atoms with van der Waals surface area (Å²) in [6, 6.07) is 20.9. The Labute approximate surface area is 157 Å². The molecule has 0 saturated heterocycles. The van der Waals surface area contributed by atoms with Gasteiger partial charge < -0.3 is 18.7 Å². The van der Waals surface area contributed by atoms with E-state index in [4.69, 9.17) is 18.7 Å². The molecule has 0 amide bonds. The van der Waals surface area contributed by atoms with E-state index in [-0.39, 0.29) is 12.3 Å². The number of benzene rings is 2. The molecule has 0 spiro atoms. The summed E-state index contributed by atoms with van der Waals surface area (Å²) in [5.74, 6) is -0.234. The molecule has 0 atom stereocenters. The SMILES string of the molecule is CCOC(=O)c1cc(C(OCc2ccccc2)OCc2ccccc2)on1. The Morgan fingerprint density at radius 1 is 0.963 bits per heavy atom. The number of carbonyl (C=O) groups is 1. The first kappa shape index (κ1) is 18.8. The number of hydrogen-bond donors (Lipinski definition) is 0. The Morgan fingerprint density at radius 3 is 2.04 bits per heavy atom. The molecular formula is C21H21NO5. The molecule has 0 aliphatic rings. The van der Waals surface area contributed by atoms with E-state index < -0.39 is 12.3 Å². The lowest BCUT2D eigenvalue weighted by atomic mass is 10.2. The summed E-state index contributed by atoms with van der Waals surface area (Å²) in [6.45, 7) is 2.65. The highest BCUT2D eigenvalue weighted by molar-refractivity contribution is 5.87. The lowest BCUT2D eigenvalue weighted by Crippen LogP contribution is -2.09. The molecule has 1 aromatic heterocycles. The third-order valence-corrected chi connectivity index (χ3v) is 3.73. The van der Waals surface area contributed by atoms with E-state index in [9.17, 15) is 4.79 Å². The highest BCUT2D eigenvalue weighted by Gasteiger charge is 2.22. The van der Waals surface area contributed by atoms with Crippen molar-refractivity contribution in [3.63, 3.8) is 0 Å². The van der Waals surface area contributed by atoms with Crippen LogP contribution in [0.4, 0.5) is 0 Å². The van der Waals surface area contributed by atoms with Gasteiger partial charge in [0.25, 0.3) is 0 Å². The lowest BCUT2D eigenvalue weighted by Gasteiger charge is -2.16. The summed E-state index contributed by atoms with van der Waals surface area (Å²) in [5, 5.41) is 3.76. The smallest absolute Gasteiger partial charge is 0.360 e. The van der Waals surface area contributed by atoms with Crippen LogP contribution in [0.3, 0.4) is 0 Å². The predicted molar refractivity (Wildman–Crippen MR) is 97.7 cm³/mol. The number of carbonyl (C=O) groups excluding carboxylic acids is 1. The van der Waals surface area contributed by atoms with Gasteiger partial charge in [-0.15, -0.1) is 0 Å². The summed E-state index contributed by atoms with van der Waals surface area (Å²) >= 11 is 0. The van der Waals surface area contributed by atoms with Crippen LogP contribution in [0.2, 0.25) is 0 Å². The maximum Gasteiger partial charge on any atom is 0.360 e. The topological polar surface area (TPSA) is 70.8 Å². The van der Waals surface area contributed by atoms with Gasteiger partial charge in [-0.1, -0.05) is 65.8 Å². The second kappa shape index (κ2) is 9.66. The quantitative estimate of drug-likeness (QED) is 0.415. The standard InChI is InChI=1S/C21H21NO5/c1-2-24-20(23)18-13-19(27-22-18)21(25-14-16-9-5-3-6-10-16)26-15-17-11-7-4-8-12-17/h3-13,21H,2,14-15H2,1H3. The number of esters is 1. The van der Waals surface area contributed by atoms with Gasteiger partial charge in [0.1, 0.15) is 0 Å². The normalized spacial score (nSPS) is 10.9. The van der Waals surface area contributed by atoms with E-state index in [0.717, 1.165) is 11.1 Å². The zero-order valence-corrected chi connectivity index (χ0v) is 15.0. The molecule has 0 saturated carbocycles. The van der Waals surface area contributed by atoms with E-state index in [0.29, 0.717) is 19.0 Å². The summed E-state index contributed by atoms with van der Waals surface area (Å²) in [6.07, 6.45) is -0.805. The van der Waals surface area contributed by atoms with Crippen molar-refractivity contribution < 1.29 is 23.5 Å². The zero-order chi connectivity index (χ0) is 18.9. The Hall–Kier alpha value is -2.96. The van der Waals surface area contributed by atoms with Gasteiger partial charge in [0.2, 0.25) is 6.29 Å². The second-order valence-corrected chi connectivity index (χ2v) is 5.76. The fourth-order valence-corrected chi connectivity index (χ4v) is 2.41. The molecule has 0 aliphatic carbocycles. The molecule has 6 heteroatoms. The molecular weight excluding hydrogens is 346 g/mol. The maximum absolute atomic E-state index is 11.8. The first-order valence-corrected chi connectivity index (χ1v) is 8.71. The Kier molecular flexibility index (Phi) is 6.73. The Morgan fingerprint density at radius 2 is 1.52 bits per heavy atom. The molecule has 0 bridgehead atoms. The van der Waals surface area contributed by atoms with Crippen LogP contribution in [0.25, 0.3) is 0 Å². The van der Waals surface area contributed by atoms with Gasteiger partial charge in [-0.3, -0.25) is 0 Å². The van der Waals surface area contributed by atoms with Gasteiger partial charge in [-0.05, 0) is 18.1 Å². The molecule has 0 fully saturated rings. The van der Waals surface area contributed by atoms with Gasteiger partial charge in [0, 0.05) is 6.07 Å². The Bertz CT molecular complexity index is 789. The molecule has 0 aliphatic heterocycles. The summed E-state index contributed by atoms with van der Waals surface area (Å²) in [7, 11) is 0. The van der Waals surface area contributed by atoms with Crippen molar-refractivity contribution in [3.05, 3.63) is 89.3 Å². The molecule has 27 heavy (non-hydrogen) atoms. The van der Waals surface area contributed by atoms with Gasteiger partial charge in [-0.25, -0.2) is 4.79 Å². The van der Waals surface area contributed by atoms with Crippen molar-refractivity contribution in [2.75, 3.05) is 6.61 Å². The van der Waals surface area contributed by atoms with Crippen LogP contribution in [0.5, 0.6) is 0 Å². The average molecular weight is 367 g/mol. The van der Waals surface area contributed by atoms with E-state index >= 15 is 0 Å². The zero-order valence-electron chi connectivity index (χ0n) is 15.0. The molecule has 1 heterocycles. The molecule has 3 rings (SSSR count). The van der Waals surface area contributed by atoms with Crippen molar-refractivity contribution in [1.82, 2.24) is 5.16 Å². The van der Waals surface area contributed by atoms with Crippen LogP contribution < -0.4 is 0 Å². The van der Waals surface area contributed by atoms with Gasteiger partial charge in [-0.2, -0.15) is 0 Å². The molecule has 0 radical (unpaired) electrons. The molecule has 6 nitrogen and oxygen atoms in total. The molecule has 0 N–H and O–H groups in total. The minimum Gasteiger partial charge on any atom is -0.461 e. The number of hydrogen-bond acceptors (Lipinski definition) is 6. The van der Waals surface area contributed by atoms with Crippen LogP contribution in [-0.2, 0) is 27.4 Å². The lowest BCUT2D eigenvalue weighted by molar-refractivity contribution is -0.172. The van der Waals surface area contributed by atoms with Crippen molar-refractivity contribution >= 4 is 5.97 Å². The molecule has 3 aromatic rings. The van der Waals surface area contributed by atoms with Gasteiger partial charge in [0.05, 0.1) is 19.8 Å². The van der Waals surface area contributed by atoms with Crippen molar-refractivity contribution in [3.8, 4) is 0 Å². The van der Waals surface area contributed by atoms with Crippen LogP contribution in [0, 0.1) is 0 Å². The van der Waals surface area contributed by atoms with Crippen LogP contribution in [-0.4, -0.2) is 17.7 Å².